The van der Waals surface area contributed by atoms with E-state index in [2.05, 4.69) is 90.2 Å². The Balaban J connectivity index is 0.00000162. The molecule has 0 aliphatic carbocycles. The molecule has 0 saturated heterocycles. The molecule has 0 bridgehead atoms. The molecule has 0 N–H and O–H groups in total. The molecule has 2 heteroatoms. The number of benzene rings is 2. The smallest absolute Gasteiger partial charge is 0.0718 e. The Morgan fingerprint density at radius 1 is 0.833 bits per heavy atom. The summed E-state index contributed by atoms with van der Waals surface area (Å²) in [6.07, 6.45) is 2.36. The van der Waals surface area contributed by atoms with E-state index in [-0.39, 0.29) is 27.4 Å². The third kappa shape index (κ3) is 3.47. The lowest BCUT2D eigenvalue weighted by atomic mass is 9.87. The number of hydrogen-bond donors (Lipinski definition) is 0. The highest BCUT2D eigenvalue weighted by Gasteiger charge is 2.29. The molecule has 2 aromatic carbocycles. The number of alkyl halides is 1. The summed E-state index contributed by atoms with van der Waals surface area (Å²) in [5.41, 5.74) is 2.79. The minimum Gasteiger partial charge on any atom is -0.107 e. The van der Waals surface area contributed by atoms with E-state index < -0.39 is 0 Å². The largest absolute Gasteiger partial charge is 0.107 e. The fraction of sp³-hybridized carbons (Fsp3) is 0.250. The molecule has 0 fully saturated rings. The van der Waals surface area contributed by atoms with E-state index in [0.717, 1.165) is 0 Å². The van der Waals surface area contributed by atoms with Crippen LogP contribution in [0.25, 0.3) is 0 Å². The summed E-state index contributed by atoms with van der Waals surface area (Å²) in [6, 6.07) is 21.6. The van der Waals surface area contributed by atoms with Crippen molar-refractivity contribution in [2.45, 2.75) is 23.2 Å². The Hall–Kier alpha value is -0.100. The van der Waals surface area contributed by atoms with Crippen molar-refractivity contribution in [2.24, 2.45) is 0 Å². The van der Waals surface area contributed by atoms with Gasteiger partial charge in [-0.1, -0.05) is 96.6 Å². The molecule has 18 heavy (non-hydrogen) atoms. The van der Waals surface area contributed by atoms with Crippen LogP contribution in [0.2, 0.25) is 0 Å². The third-order valence-electron chi connectivity index (χ3n) is 3.06. The first-order chi connectivity index (χ1) is 8.27. The fourth-order valence-electron chi connectivity index (χ4n) is 2.20. The average Bonchev–Trinajstić information content (AvgIpc) is 2.41. The maximum atomic E-state index is 2.61. The van der Waals surface area contributed by atoms with E-state index in [1.807, 2.05) is 0 Å². The van der Waals surface area contributed by atoms with Crippen LogP contribution in [0.4, 0.5) is 0 Å². The Morgan fingerprint density at radius 2 is 1.22 bits per heavy atom. The predicted octanol–water partition coefficient (Wildman–Crippen LogP) is 5.78. The van der Waals surface area contributed by atoms with Crippen molar-refractivity contribution < 1.29 is 0 Å². The van der Waals surface area contributed by atoms with Crippen LogP contribution < -0.4 is 0 Å². The molecule has 96 valence electrons. The summed E-state index contributed by atoms with van der Waals surface area (Å²) in [5.74, 6) is 0. The Labute approximate surface area is 140 Å². The third-order valence-corrected chi connectivity index (χ3v) is 4.84. The van der Waals surface area contributed by atoms with Gasteiger partial charge in [-0.15, -0.1) is 24.0 Å². The molecule has 0 aliphatic rings. The lowest BCUT2D eigenvalue weighted by Crippen LogP contribution is -2.19. The zero-order valence-electron chi connectivity index (χ0n) is 10.5. The monoisotopic (exact) mass is 464 g/mol. The van der Waals surface area contributed by atoms with E-state index in [1.165, 1.54) is 24.0 Å². The number of hydrogen-bond acceptors (Lipinski definition) is 0. The molecule has 0 heterocycles. The molecular formula is C16H18I2. The molecule has 0 unspecified atom stereocenters. The SMILES string of the molecule is CCCC(I)(c1ccccc1)c1ccccc1.I. The van der Waals surface area contributed by atoms with Gasteiger partial charge in [0, 0.05) is 0 Å². The van der Waals surface area contributed by atoms with Gasteiger partial charge in [-0.2, -0.15) is 0 Å². The molecule has 2 aromatic rings. The van der Waals surface area contributed by atoms with Crippen LogP contribution >= 0.6 is 46.6 Å². The van der Waals surface area contributed by atoms with Crippen molar-refractivity contribution >= 4 is 46.6 Å². The molecule has 0 saturated carbocycles. The molecule has 0 aliphatic heterocycles. The van der Waals surface area contributed by atoms with Gasteiger partial charge in [0.15, 0.2) is 0 Å². The standard InChI is InChI=1S/C16H17I.HI/c1-2-13-16(17,14-9-5-3-6-10-14)15-11-7-4-8-12-15;/h3-12H,2,13H2,1H3;1H. The molecule has 0 amide bonds. The molecule has 2 rings (SSSR count). The minimum absolute atomic E-state index is 0. The highest BCUT2D eigenvalue weighted by molar-refractivity contribution is 14.1. The van der Waals surface area contributed by atoms with Gasteiger partial charge in [-0.05, 0) is 17.5 Å². The summed E-state index contributed by atoms with van der Waals surface area (Å²) in [5, 5.41) is 0. The first-order valence-electron chi connectivity index (χ1n) is 6.07. The van der Waals surface area contributed by atoms with Crippen LogP contribution in [0.1, 0.15) is 30.9 Å². The Kier molecular flexibility index (Phi) is 6.63. The zero-order valence-corrected chi connectivity index (χ0v) is 15.0. The zero-order chi connectivity index (χ0) is 12.1. The van der Waals surface area contributed by atoms with E-state index in [0.29, 0.717) is 0 Å². The summed E-state index contributed by atoms with van der Waals surface area (Å²) >= 11 is 2.61. The Morgan fingerprint density at radius 3 is 1.56 bits per heavy atom. The minimum atomic E-state index is 0. The molecule has 0 aromatic heterocycles. The Bertz CT molecular complexity index is 412. The number of rotatable bonds is 4. The lowest BCUT2D eigenvalue weighted by molar-refractivity contribution is 0.673. The van der Waals surface area contributed by atoms with Crippen LogP contribution in [0, 0.1) is 0 Å². The summed E-state index contributed by atoms with van der Waals surface area (Å²) in [6.45, 7) is 2.25. The van der Waals surface area contributed by atoms with Crippen LogP contribution in [0.3, 0.4) is 0 Å². The van der Waals surface area contributed by atoms with Gasteiger partial charge in [-0.3, -0.25) is 0 Å². The van der Waals surface area contributed by atoms with Gasteiger partial charge in [0.05, 0.1) is 3.42 Å². The van der Waals surface area contributed by atoms with Crippen molar-refractivity contribution in [3.8, 4) is 0 Å². The lowest BCUT2D eigenvalue weighted by Gasteiger charge is -2.28. The van der Waals surface area contributed by atoms with Gasteiger partial charge < -0.3 is 0 Å². The van der Waals surface area contributed by atoms with Gasteiger partial charge >= 0.3 is 0 Å². The molecular weight excluding hydrogens is 446 g/mol. The summed E-state index contributed by atoms with van der Waals surface area (Å²) in [7, 11) is 0. The average molecular weight is 464 g/mol. The van der Waals surface area contributed by atoms with Gasteiger partial charge in [-0.25, -0.2) is 0 Å². The van der Waals surface area contributed by atoms with Crippen LogP contribution in [0.15, 0.2) is 60.7 Å². The van der Waals surface area contributed by atoms with E-state index in [9.17, 15) is 0 Å². The maximum absolute atomic E-state index is 2.61. The quantitative estimate of drug-likeness (QED) is 0.398. The maximum Gasteiger partial charge on any atom is 0.0718 e. The molecule has 0 atom stereocenters. The number of halogens is 2. The van der Waals surface area contributed by atoms with Crippen LogP contribution in [-0.4, -0.2) is 0 Å². The first kappa shape index (κ1) is 16.0. The van der Waals surface area contributed by atoms with Gasteiger partial charge in [0.25, 0.3) is 0 Å². The molecule has 0 nitrogen and oxygen atoms in total. The van der Waals surface area contributed by atoms with Gasteiger partial charge in [0.2, 0.25) is 0 Å². The normalized spacial score (nSPS) is 10.8. The van der Waals surface area contributed by atoms with Crippen molar-refractivity contribution in [2.75, 3.05) is 0 Å². The van der Waals surface area contributed by atoms with Crippen molar-refractivity contribution in [1.82, 2.24) is 0 Å². The van der Waals surface area contributed by atoms with Crippen molar-refractivity contribution in [3.05, 3.63) is 71.8 Å². The summed E-state index contributed by atoms with van der Waals surface area (Å²) < 4.78 is 0.106. The van der Waals surface area contributed by atoms with Crippen molar-refractivity contribution in [1.29, 1.82) is 0 Å². The summed E-state index contributed by atoms with van der Waals surface area (Å²) in [4.78, 5) is 0. The molecule has 0 radical (unpaired) electrons. The first-order valence-corrected chi connectivity index (χ1v) is 7.15. The van der Waals surface area contributed by atoms with Crippen LogP contribution in [0.5, 0.6) is 0 Å². The van der Waals surface area contributed by atoms with Crippen molar-refractivity contribution in [3.63, 3.8) is 0 Å². The second-order valence-corrected chi connectivity index (χ2v) is 6.12. The van der Waals surface area contributed by atoms with E-state index >= 15 is 0 Å². The highest BCUT2D eigenvalue weighted by Crippen LogP contribution is 2.42. The van der Waals surface area contributed by atoms with Gasteiger partial charge in [0.1, 0.15) is 0 Å². The highest BCUT2D eigenvalue weighted by atomic mass is 127. The molecule has 0 spiro atoms. The second-order valence-electron chi connectivity index (χ2n) is 4.28. The fourth-order valence-corrected chi connectivity index (χ4v) is 3.46. The topological polar surface area (TPSA) is 0 Å². The van der Waals surface area contributed by atoms with E-state index in [4.69, 9.17) is 0 Å². The second kappa shape index (κ2) is 7.48. The van der Waals surface area contributed by atoms with Crippen LogP contribution in [-0.2, 0) is 3.42 Å². The van der Waals surface area contributed by atoms with E-state index in [1.54, 1.807) is 0 Å². The predicted molar refractivity (Wildman–Crippen MR) is 98.0 cm³/mol.